The molecule has 0 saturated carbocycles. The number of rotatable bonds is 5. The zero-order chi connectivity index (χ0) is 17.7. The van der Waals surface area contributed by atoms with Crippen LogP contribution in [0.1, 0.15) is 13.3 Å². The number of amides is 2. The first kappa shape index (κ1) is 17.5. The molecule has 0 aromatic heterocycles. The number of halogens is 3. The smallest absolute Gasteiger partial charge is 0.226 e. The summed E-state index contributed by atoms with van der Waals surface area (Å²) in [6.45, 7) is 0.935. The van der Waals surface area contributed by atoms with Crippen LogP contribution in [0, 0.1) is 17.5 Å². The monoisotopic (exact) mass is 336 g/mol. The molecule has 7 heteroatoms. The first-order valence-electron chi connectivity index (χ1n) is 7.16. The number of hydrogen-bond donors (Lipinski definition) is 1. The van der Waals surface area contributed by atoms with Gasteiger partial charge >= 0.3 is 0 Å². The quantitative estimate of drug-likeness (QED) is 0.909. The Labute approximate surface area is 136 Å². The van der Waals surface area contributed by atoms with E-state index in [-0.39, 0.29) is 18.7 Å². The zero-order valence-electron chi connectivity index (χ0n) is 12.9. The molecule has 126 valence electrons. The summed E-state index contributed by atoms with van der Waals surface area (Å²) >= 11 is 0. The second-order valence-corrected chi connectivity index (χ2v) is 5.05. The zero-order valence-corrected chi connectivity index (χ0v) is 12.9. The Hall–Kier alpha value is -2.83. The average molecular weight is 336 g/mol. The molecule has 0 bridgehead atoms. The Morgan fingerprint density at radius 3 is 2.25 bits per heavy atom. The highest BCUT2D eigenvalue weighted by Gasteiger charge is 2.20. The second kappa shape index (κ2) is 7.63. The second-order valence-electron chi connectivity index (χ2n) is 5.05. The van der Waals surface area contributed by atoms with Gasteiger partial charge in [0.2, 0.25) is 11.8 Å². The number of carbonyl (C=O) groups is 2. The third-order valence-electron chi connectivity index (χ3n) is 3.26. The fraction of sp³-hybridized carbons (Fsp3) is 0.176. The standard InChI is InChI=1S/C17H15F3N2O2/c1-11(23)22(17-14(19)6-3-7-15(17)20)9-8-16(24)21-13-5-2-4-12(18)10-13/h2-7,10H,8-9H2,1H3,(H,21,24). The van der Waals surface area contributed by atoms with Gasteiger partial charge in [-0.05, 0) is 30.3 Å². The van der Waals surface area contributed by atoms with Crippen molar-refractivity contribution in [3.63, 3.8) is 0 Å². The molecule has 0 heterocycles. The van der Waals surface area contributed by atoms with E-state index in [0.717, 1.165) is 30.0 Å². The molecular weight excluding hydrogens is 321 g/mol. The molecule has 0 aliphatic heterocycles. The third kappa shape index (κ3) is 4.34. The molecule has 0 spiro atoms. The fourth-order valence-electron chi connectivity index (χ4n) is 2.18. The summed E-state index contributed by atoms with van der Waals surface area (Å²) in [4.78, 5) is 24.4. The number of nitrogens with zero attached hydrogens (tertiary/aromatic N) is 1. The van der Waals surface area contributed by atoms with Crippen LogP contribution in [0.3, 0.4) is 0 Å². The molecule has 2 rings (SSSR count). The molecule has 0 radical (unpaired) electrons. The molecule has 0 fully saturated rings. The number of benzene rings is 2. The molecule has 0 saturated heterocycles. The van der Waals surface area contributed by atoms with Crippen molar-refractivity contribution >= 4 is 23.2 Å². The van der Waals surface area contributed by atoms with Crippen LogP contribution in [0.25, 0.3) is 0 Å². The third-order valence-corrected chi connectivity index (χ3v) is 3.26. The highest BCUT2D eigenvalue weighted by molar-refractivity contribution is 5.94. The van der Waals surface area contributed by atoms with E-state index in [0.29, 0.717) is 0 Å². The molecule has 0 aliphatic carbocycles. The summed E-state index contributed by atoms with van der Waals surface area (Å²) in [5.74, 6) is -3.40. The Kier molecular flexibility index (Phi) is 5.57. The van der Waals surface area contributed by atoms with Crippen LogP contribution in [0.2, 0.25) is 0 Å². The van der Waals surface area contributed by atoms with Gasteiger partial charge in [0.05, 0.1) is 0 Å². The largest absolute Gasteiger partial charge is 0.326 e. The minimum Gasteiger partial charge on any atom is -0.326 e. The number of carbonyl (C=O) groups excluding carboxylic acids is 2. The summed E-state index contributed by atoms with van der Waals surface area (Å²) < 4.78 is 40.7. The van der Waals surface area contributed by atoms with Gasteiger partial charge in [-0.3, -0.25) is 9.59 Å². The van der Waals surface area contributed by atoms with Gasteiger partial charge < -0.3 is 10.2 Å². The van der Waals surface area contributed by atoms with Crippen LogP contribution >= 0.6 is 0 Å². The molecule has 2 aromatic carbocycles. The predicted octanol–water partition coefficient (Wildman–Crippen LogP) is 3.49. The molecule has 0 unspecified atom stereocenters. The Morgan fingerprint density at radius 2 is 1.67 bits per heavy atom. The summed E-state index contributed by atoms with van der Waals surface area (Å²) in [5.41, 5.74) is -0.241. The number of para-hydroxylation sites is 1. The van der Waals surface area contributed by atoms with E-state index in [1.54, 1.807) is 0 Å². The van der Waals surface area contributed by atoms with Crippen LogP contribution in [0.4, 0.5) is 24.5 Å². The van der Waals surface area contributed by atoms with Crippen molar-refractivity contribution in [2.24, 2.45) is 0 Å². The van der Waals surface area contributed by atoms with Crippen LogP contribution in [0.15, 0.2) is 42.5 Å². The molecule has 1 N–H and O–H groups in total. The van der Waals surface area contributed by atoms with Gasteiger partial charge in [0, 0.05) is 25.6 Å². The molecule has 4 nitrogen and oxygen atoms in total. The van der Waals surface area contributed by atoms with Crippen molar-refractivity contribution in [1.82, 2.24) is 0 Å². The van der Waals surface area contributed by atoms with Crippen molar-refractivity contribution in [2.45, 2.75) is 13.3 Å². The molecule has 0 aliphatic rings. The van der Waals surface area contributed by atoms with Crippen molar-refractivity contribution in [3.05, 3.63) is 59.9 Å². The average Bonchev–Trinajstić information content (AvgIpc) is 2.49. The highest BCUT2D eigenvalue weighted by atomic mass is 19.1. The van der Waals surface area contributed by atoms with Crippen molar-refractivity contribution in [1.29, 1.82) is 0 Å². The maximum absolute atomic E-state index is 13.8. The van der Waals surface area contributed by atoms with Gasteiger partial charge in [0.25, 0.3) is 0 Å². The summed E-state index contributed by atoms with van der Waals surface area (Å²) in [6.07, 6.45) is -0.204. The highest BCUT2D eigenvalue weighted by Crippen LogP contribution is 2.23. The van der Waals surface area contributed by atoms with Gasteiger partial charge in [-0.1, -0.05) is 12.1 Å². The number of hydrogen-bond acceptors (Lipinski definition) is 2. The van der Waals surface area contributed by atoms with E-state index < -0.39 is 35.0 Å². The molecule has 0 atom stereocenters. The van der Waals surface area contributed by atoms with Crippen molar-refractivity contribution in [2.75, 3.05) is 16.8 Å². The lowest BCUT2D eigenvalue weighted by Crippen LogP contribution is -2.33. The normalized spacial score (nSPS) is 10.3. The predicted molar refractivity (Wildman–Crippen MR) is 84.0 cm³/mol. The lowest BCUT2D eigenvalue weighted by Gasteiger charge is -2.22. The van der Waals surface area contributed by atoms with Gasteiger partial charge in [0.1, 0.15) is 23.1 Å². The van der Waals surface area contributed by atoms with Gasteiger partial charge in [-0.2, -0.15) is 0 Å². The Bertz CT molecular complexity index is 745. The lowest BCUT2D eigenvalue weighted by atomic mass is 10.2. The van der Waals surface area contributed by atoms with Gasteiger partial charge in [-0.25, -0.2) is 13.2 Å². The SMILES string of the molecule is CC(=O)N(CCC(=O)Nc1cccc(F)c1)c1c(F)cccc1F. The Balaban J connectivity index is 2.07. The van der Waals surface area contributed by atoms with Crippen LogP contribution < -0.4 is 10.2 Å². The summed E-state index contributed by atoms with van der Waals surface area (Å²) in [7, 11) is 0. The first-order chi connectivity index (χ1) is 11.4. The maximum atomic E-state index is 13.8. The van der Waals surface area contributed by atoms with Crippen molar-refractivity contribution < 1.29 is 22.8 Å². The van der Waals surface area contributed by atoms with E-state index in [9.17, 15) is 22.8 Å². The molecule has 24 heavy (non-hydrogen) atoms. The summed E-state index contributed by atoms with van der Waals surface area (Å²) in [5, 5.41) is 2.45. The van der Waals surface area contributed by atoms with Crippen LogP contribution in [-0.4, -0.2) is 18.4 Å². The molecular formula is C17H15F3N2O2. The minimum atomic E-state index is -0.893. The summed E-state index contributed by atoms with van der Waals surface area (Å²) in [6, 6.07) is 8.54. The minimum absolute atomic E-state index is 0.204. The number of nitrogens with one attached hydrogen (secondary N) is 1. The van der Waals surface area contributed by atoms with Gasteiger partial charge in [-0.15, -0.1) is 0 Å². The first-order valence-corrected chi connectivity index (χ1v) is 7.16. The molecule has 2 aromatic rings. The lowest BCUT2D eigenvalue weighted by molar-refractivity contribution is -0.117. The van der Waals surface area contributed by atoms with E-state index >= 15 is 0 Å². The van der Waals surface area contributed by atoms with E-state index in [4.69, 9.17) is 0 Å². The van der Waals surface area contributed by atoms with E-state index in [1.807, 2.05) is 0 Å². The number of anilines is 2. The van der Waals surface area contributed by atoms with E-state index in [2.05, 4.69) is 5.32 Å². The molecule has 2 amide bonds. The van der Waals surface area contributed by atoms with Gasteiger partial charge in [0.15, 0.2) is 0 Å². The van der Waals surface area contributed by atoms with Crippen LogP contribution in [-0.2, 0) is 9.59 Å². The van der Waals surface area contributed by atoms with Crippen molar-refractivity contribution in [3.8, 4) is 0 Å². The topological polar surface area (TPSA) is 49.4 Å². The maximum Gasteiger partial charge on any atom is 0.226 e. The Morgan fingerprint density at radius 1 is 1.04 bits per heavy atom. The van der Waals surface area contributed by atoms with Crippen LogP contribution in [0.5, 0.6) is 0 Å². The van der Waals surface area contributed by atoms with E-state index in [1.165, 1.54) is 24.3 Å². The fourth-order valence-corrected chi connectivity index (χ4v) is 2.18.